The van der Waals surface area contributed by atoms with E-state index in [4.69, 9.17) is 10.5 Å². The van der Waals surface area contributed by atoms with Crippen LogP contribution in [0.3, 0.4) is 0 Å². The van der Waals surface area contributed by atoms with E-state index < -0.39 is 17.1 Å². The fourth-order valence-electron chi connectivity index (χ4n) is 3.12. The van der Waals surface area contributed by atoms with Crippen LogP contribution in [-0.4, -0.2) is 16.7 Å². The molecule has 1 aromatic carbocycles. The molecule has 130 valence electrons. The van der Waals surface area contributed by atoms with E-state index in [9.17, 15) is 14.0 Å². The van der Waals surface area contributed by atoms with Crippen molar-refractivity contribution in [2.75, 3.05) is 7.11 Å². The Labute approximate surface area is 145 Å². The van der Waals surface area contributed by atoms with Crippen LogP contribution in [0.25, 0.3) is 22.0 Å². The molecule has 4 rings (SSSR count). The molecule has 3 aromatic rings. The molecular formula is C17H16FN3O3S. The highest BCUT2D eigenvalue weighted by Crippen LogP contribution is 2.43. The third-order valence-electron chi connectivity index (χ3n) is 4.39. The maximum Gasteiger partial charge on any atom is 0.329 e. The monoisotopic (exact) mass is 361 g/mol. The van der Waals surface area contributed by atoms with E-state index in [0.29, 0.717) is 17.6 Å². The van der Waals surface area contributed by atoms with Gasteiger partial charge >= 0.3 is 5.69 Å². The highest BCUT2D eigenvalue weighted by atomic mass is 32.1. The summed E-state index contributed by atoms with van der Waals surface area (Å²) in [6.45, 7) is 0.356. The number of aromatic amines is 1. The predicted molar refractivity (Wildman–Crippen MR) is 94.8 cm³/mol. The Morgan fingerprint density at radius 2 is 2.16 bits per heavy atom. The number of nitrogens with two attached hydrogens (primary N) is 1. The summed E-state index contributed by atoms with van der Waals surface area (Å²) in [5.74, 6) is -0.372. The second-order valence-electron chi connectivity index (χ2n) is 6.03. The third-order valence-corrected chi connectivity index (χ3v) is 5.35. The first-order valence-corrected chi connectivity index (χ1v) is 8.76. The fraction of sp³-hybridized carbons (Fsp3) is 0.294. The van der Waals surface area contributed by atoms with E-state index in [1.54, 1.807) is 11.4 Å². The first kappa shape index (κ1) is 16.0. The Hall–Kier alpha value is -2.45. The van der Waals surface area contributed by atoms with Crippen molar-refractivity contribution in [3.05, 3.63) is 49.0 Å². The summed E-state index contributed by atoms with van der Waals surface area (Å²) in [4.78, 5) is 27.7. The average Bonchev–Trinajstić information content (AvgIpc) is 3.31. The van der Waals surface area contributed by atoms with Crippen molar-refractivity contribution in [3.8, 4) is 16.9 Å². The molecule has 1 aliphatic carbocycles. The van der Waals surface area contributed by atoms with Gasteiger partial charge in [0.2, 0.25) is 0 Å². The van der Waals surface area contributed by atoms with Gasteiger partial charge in [0.15, 0.2) is 5.75 Å². The van der Waals surface area contributed by atoms with Gasteiger partial charge in [-0.2, -0.15) is 0 Å². The highest BCUT2D eigenvalue weighted by molar-refractivity contribution is 7.10. The standard InChI is InChI=1S/C17H16FN3O3S/c1-24-15-13(8-4-10(6-19)25-7-8)12(18)5-11-14(15)21(9-2-3-9)17(23)20-16(11)22/h4-5,7,9H,2-3,6,19H2,1H3,(H,20,22,23). The van der Waals surface area contributed by atoms with Gasteiger partial charge in [0.1, 0.15) is 11.3 Å². The van der Waals surface area contributed by atoms with Gasteiger partial charge < -0.3 is 10.5 Å². The highest BCUT2D eigenvalue weighted by Gasteiger charge is 2.30. The molecule has 2 aromatic heterocycles. The summed E-state index contributed by atoms with van der Waals surface area (Å²) < 4.78 is 21.8. The van der Waals surface area contributed by atoms with Gasteiger partial charge in [-0.25, -0.2) is 9.18 Å². The molecule has 3 N–H and O–H groups in total. The minimum atomic E-state index is -0.617. The van der Waals surface area contributed by atoms with Crippen LogP contribution in [0.4, 0.5) is 4.39 Å². The number of aromatic nitrogens is 2. The summed E-state index contributed by atoms with van der Waals surface area (Å²) in [6, 6.07) is 2.97. The van der Waals surface area contributed by atoms with Crippen molar-refractivity contribution in [1.82, 2.24) is 9.55 Å². The topological polar surface area (TPSA) is 90.1 Å². The Morgan fingerprint density at radius 3 is 2.76 bits per heavy atom. The van der Waals surface area contributed by atoms with Gasteiger partial charge in [-0.15, -0.1) is 11.3 Å². The molecule has 0 bridgehead atoms. The molecule has 0 aliphatic heterocycles. The quantitative estimate of drug-likeness (QED) is 0.746. The smallest absolute Gasteiger partial charge is 0.329 e. The van der Waals surface area contributed by atoms with Crippen molar-refractivity contribution < 1.29 is 9.13 Å². The molecule has 25 heavy (non-hydrogen) atoms. The van der Waals surface area contributed by atoms with Crippen LogP contribution in [0.15, 0.2) is 27.1 Å². The van der Waals surface area contributed by atoms with Gasteiger partial charge in [0.05, 0.1) is 18.1 Å². The number of fused-ring (bicyclic) bond motifs is 1. The Morgan fingerprint density at radius 1 is 1.40 bits per heavy atom. The molecule has 0 spiro atoms. The van der Waals surface area contributed by atoms with Crippen LogP contribution in [0.5, 0.6) is 5.75 Å². The number of hydrogen-bond acceptors (Lipinski definition) is 5. The van der Waals surface area contributed by atoms with Gasteiger partial charge in [0, 0.05) is 17.5 Å². The maximum atomic E-state index is 14.8. The largest absolute Gasteiger partial charge is 0.494 e. The first-order valence-electron chi connectivity index (χ1n) is 7.88. The molecule has 0 atom stereocenters. The number of thiophene rings is 1. The van der Waals surface area contributed by atoms with E-state index in [1.165, 1.54) is 29.1 Å². The molecule has 1 aliphatic rings. The van der Waals surface area contributed by atoms with Gasteiger partial charge in [-0.3, -0.25) is 14.3 Å². The summed E-state index contributed by atoms with van der Waals surface area (Å²) in [7, 11) is 1.41. The van der Waals surface area contributed by atoms with E-state index in [0.717, 1.165) is 17.7 Å². The van der Waals surface area contributed by atoms with E-state index in [-0.39, 0.29) is 22.7 Å². The summed E-state index contributed by atoms with van der Waals surface area (Å²) in [5.41, 5.74) is 5.74. The molecule has 0 unspecified atom stereocenters. The lowest BCUT2D eigenvalue weighted by Gasteiger charge is -2.16. The van der Waals surface area contributed by atoms with Crippen LogP contribution in [0.2, 0.25) is 0 Å². The first-order chi connectivity index (χ1) is 12.0. The number of rotatable bonds is 4. The lowest BCUT2D eigenvalue weighted by Crippen LogP contribution is -2.30. The molecule has 0 saturated heterocycles. The third kappa shape index (κ3) is 2.49. The van der Waals surface area contributed by atoms with Crippen molar-refractivity contribution in [3.63, 3.8) is 0 Å². The van der Waals surface area contributed by atoms with E-state index in [2.05, 4.69) is 4.98 Å². The summed E-state index contributed by atoms with van der Waals surface area (Å²) >= 11 is 1.42. The van der Waals surface area contributed by atoms with Gasteiger partial charge in [0.25, 0.3) is 5.56 Å². The molecule has 0 radical (unpaired) electrons. The molecule has 6 nitrogen and oxygen atoms in total. The summed E-state index contributed by atoms with van der Waals surface area (Å²) in [6.07, 6.45) is 1.68. The Balaban J connectivity index is 2.14. The Bertz CT molecular complexity index is 1090. The molecule has 2 heterocycles. The van der Waals surface area contributed by atoms with Crippen LogP contribution >= 0.6 is 11.3 Å². The molecule has 1 fully saturated rings. The maximum absolute atomic E-state index is 14.8. The van der Waals surface area contributed by atoms with Crippen LogP contribution in [0, 0.1) is 5.82 Å². The minimum Gasteiger partial charge on any atom is -0.494 e. The summed E-state index contributed by atoms with van der Waals surface area (Å²) in [5, 5.41) is 1.90. The van der Waals surface area contributed by atoms with E-state index in [1.807, 2.05) is 0 Å². The predicted octanol–water partition coefficient (Wildman–Crippen LogP) is 2.36. The number of halogens is 1. The van der Waals surface area contributed by atoms with Gasteiger partial charge in [-0.05, 0) is 35.9 Å². The number of methoxy groups -OCH3 is 1. The van der Waals surface area contributed by atoms with Crippen LogP contribution in [0.1, 0.15) is 23.8 Å². The average molecular weight is 361 g/mol. The second-order valence-corrected chi connectivity index (χ2v) is 7.02. The second kappa shape index (κ2) is 5.82. The minimum absolute atomic E-state index is 0.00105. The molecule has 1 saturated carbocycles. The van der Waals surface area contributed by atoms with Crippen molar-refractivity contribution in [1.29, 1.82) is 0 Å². The Kier molecular flexibility index (Phi) is 3.73. The van der Waals surface area contributed by atoms with Crippen molar-refractivity contribution in [2.24, 2.45) is 5.73 Å². The normalized spacial score (nSPS) is 14.2. The zero-order chi connectivity index (χ0) is 17.7. The molecule has 8 heteroatoms. The number of hydrogen-bond donors (Lipinski definition) is 2. The van der Waals surface area contributed by atoms with E-state index >= 15 is 0 Å². The lowest BCUT2D eigenvalue weighted by molar-refractivity contribution is 0.415. The number of nitrogens with one attached hydrogen (secondary N) is 1. The van der Waals surface area contributed by atoms with Crippen molar-refractivity contribution in [2.45, 2.75) is 25.4 Å². The molecular weight excluding hydrogens is 345 g/mol. The van der Waals surface area contributed by atoms with Crippen LogP contribution < -0.4 is 21.7 Å². The molecule has 0 amide bonds. The zero-order valence-electron chi connectivity index (χ0n) is 13.5. The fourth-order valence-corrected chi connectivity index (χ4v) is 3.88. The van der Waals surface area contributed by atoms with Crippen LogP contribution in [-0.2, 0) is 6.54 Å². The van der Waals surface area contributed by atoms with Gasteiger partial charge in [-0.1, -0.05) is 0 Å². The number of nitrogens with zero attached hydrogens (tertiary/aromatic N) is 1. The lowest BCUT2D eigenvalue weighted by atomic mass is 10.0. The number of ether oxygens (including phenoxy) is 1. The zero-order valence-corrected chi connectivity index (χ0v) is 14.3. The van der Waals surface area contributed by atoms with Crippen molar-refractivity contribution >= 4 is 22.2 Å². The number of benzene rings is 1. The number of H-pyrrole nitrogens is 1. The SMILES string of the molecule is COc1c(-c2csc(CN)c2)c(F)cc2c(=O)[nH]c(=O)n(C3CC3)c12.